The number of nitriles is 1. The molecule has 0 aliphatic carbocycles. The lowest BCUT2D eigenvalue weighted by molar-refractivity contribution is -0.147. The van der Waals surface area contributed by atoms with Gasteiger partial charge in [-0.05, 0) is 89.3 Å². The summed E-state index contributed by atoms with van der Waals surface area (Å²) in [6, 6.07) is 54.1. The van der Waals surface area contributed by atoms with Gasteiger partial charge in [-0.1, -0.05) is 186 Å². The number of thioether (sulfide) groups is 5. The highest BCUT2D eigenvalue weighted by molar-refractivity contribution is 8.00. The topological polar surface area (TPSA) is 252 Å². The predicted octanol–water partition coefficient (Wildman–Crippen LogP) is 10.7. The number of carbonyl (C=O) groups is 1. The predicted molar refractivity (Wildman–Crippen MR) is 369 cm³/mol. The van der Waals surface area contributed by atoms with Crippen LogP contribution in [0.25, 0.3) is 0 Å². The fraction of sp³-hybridized carbons (Fsp3) is 0.536. The van der Waals surface area contributed by atoms with E-state index in [1.165, 1.54) is 51.3 Å². The Morgan fingerprint density at radius 1 is 0.448 bits per heavy atom. The first-order valence-electron chi connectivity index (χ1n) is 29.9. The minimum absolute atomic E-state index is 0.0193. The highest BCUT2D eigenvalue weighted by Crippen LogP contribution is 2.33. The minimum atomic E-state index is -0.737. The normalized spacial score (nSPS) is 14.9. The number of hydrogen-bond acceptors (Lipinski definition) is 18. The van der Waals surface area contributed by atoms with Gasteiger partial charge in [-0.25, -0.2) is 0 Å². The average molecular weight is 1300 g/mol. The smallest absolute Gasteiger partial charge is 0.309 e. The van der Waals surface area contributed by atoms with Crippen LogP contribution in [0.15, 0.2) is 152 Å². The Labute approximate surface area is 542 Å². The summed E-state index contributed by atoms with van der Waals surface area (Å²) in [6.07, 6.45) is -1.40. The van der Waals surface area contributed by atoms with Gasteiger partial charge in [0.25, 0.3) is 0 Å². The van der Waals surface area contributed by atoms with E-state index in [4.69, 9.17) is 40.6 Å². The van der Waals surface area contributed by atoms with Crippen LogP contribution >= 0.6 is 58.8 Å². The molecule has 486 valence electrons. The van der Waals surface area contributed by atoms with Crippen molar-refractivity contribution in [2.75, 3.05) is 97.2 Å². The third-order valence-corrected chi connectivity index (χ3v) is 20.3. The summed E-state index contributed by atoms with van der Waals surface area (Å²) >= 11 is 8.03. The summed E-state index contributed by atoms with van der Waals surface area (Å²) in [6.45, 7) is 14.0. The molecule has 0 aromatic heterocycles. The molecule has 13 nitrogen and oxygen atoms in total. The average Bonchev–Trinajstić information content (AvgIpc) is 3.76. The molecule has 0 fully saturated rings. The van der Waals surface area contributed by atoms with Crippen molar-refractivity contribution in [2.45, 2.75) is 121 Å². The van der Waals surface area contributed by atoms with Gasteiger partial charge in [0.2, 0.25) is 0 Å². The van der Waals surface area contributed by atoms with Gasteiger partial charge in [0.05, 0.1) is 88.1 Å². The summed E-state index contributed by atoms with van der Waals surface area (Å²) < 4.78 is 5.16. The fourth-order valence-corrected chi connectivity index (χ4v) is 13.6. The number of benzene rings is 5. The second-order valence-electron chi connectivity index (χ2n) is 22.1. The van der Waals surface area contributed by atoms with E-state index in [1.807, 2.05) is 67.6 Å². The lowest BCUT2D eigenvalue weighted by Gasteiger charge is -2.25. The van der Waals surface area contributed by atoms with Gasteiger partial charge in [-0.2, -0.15) is 64.1 Å². The molecular weight excluding hydrogens is 1200 g/mol. The standard InChI is InChI=1S/C20H26O2S.C17H26O4S.C13H20O2S.C12H18O2S.C7H13NO2S/c1-16(17-8-4-2-5-9-17)12-19(14-23-15-20(22)13-21)18-10-6-3-7-11-18;1-3-21-17(20)15(11-22-12-16(19)10-18)9-13(2)14-7-5-4-6-8-14;1-13(2,10-16-9-12(15)8-14)11-6-4-3-5-7-11;1-10(8-15-9-12(14)7-13)11-5-3-2-4-6-11;1-6(2-8)4-11-5-7(10)3-9/h2-11,16,19-22H,12-15H2,1H3;4-8,13,15-16,18-19H,3,9-12H2,1-2H3;3-7,12,14-15H,8-10H2,1-2H3;2-6,10,12-14H,7-9H2,1H3;6-7,9-10H,3-5H2,1H3. The van der Waals surface area contributed by atoms with E-state index < -0.39 is 30.5 Å². The van der Waals surface area contributed by atoms with Crippen LogP contribution in [0, 0.1) is 23.2 Å². The molecular formula is C69H103NO12S5. The molecule has 0 aliphatic rings. The van der Waals surface area contributed by atoms with Crippen LogP contribution in [0.5, 0.6) is 0 Å². The molecule has 11 atom stereocenters. The summed E-state index contributed by atoms with van der Waals surface area (Å²) in [4.78, 5) is 12.1. The maximum absolute atomic E-state index is 12.1. The minimum Gasteiger partial charge on any atom is -0.466 e. The molecule has 0 amide bonds. The Bertz CT molecular complexity index is 2420. The van der Waals surface area contributed by atoms with E-state index in [0.717, 1.165) is 23.7 Å². The lowest BCUT2D eigenvalue weighted by Crippen LogP contribution is -2.23. The van der Waals surface area contributed by atoms with E-state index in [1.54, 1.807) is 42.2 Å². The summed E-state index contributed by atoms with van der Waals surface area (Å²) in [5, 5.41) is 98.2. The van der Waals surface area contributed by atoms with Gasteiger partial charge >= 0.3 is 5.97 Å². The number of rotatable bonds is 36. The molecule has 11 unspecified atom stereocenters. The lowest BCUT2D eigenvalue weighted by atomic mass is 9.87. The van der Waals surface area contributed by atoms with E-state index >= 15 is 0 Å². The number of ether oxygens (including phenoxy) is 1. The maximum Gasteiger partial charge on any atom is 0.309 e. The summed E-state index contributed by atoms with van der Waals surface area (Å²) in [5.41, 5.74) is 6.65. The zero-order valence-corrected chi connectivity index (χ0v) is 56.4. The molecule has 10 N–H and O–H groups in total. The monoisotopic (exact) mass is 1300 g/mol. The molecule has 0 bridgehead atoms. The second kappa shape index (κ2) is 51.1. The molecule has 18 heteroatoms. The molecule has 0 aliphatic heterocycles. The Morgan fingerprint density at radius 2 is 0.782 bits per heavy atom. The number of aliphatic hydroxyl groups excluding tert-OH is 10. The molecule has 5 rings (SSSR count). The van der Waals surface area contributed by atoms with Crippen molar-refractivity contribution in [1.29, 1.82) is 5.26 Å². The van der Waals surface area contributed by atoms with Crippen molar-refractivity contribution in [1.82, 2.24) is 0 Å². The highest BCUT2D eigenvalue weighted by Gasteiger charge is 2.24. The Balaban J connectivity index is 0.000000556. The van der Waals surface area contributed by atoms with E-state index in [2.05, 4.69) is 132 Å². The van der Waals surface area contributed by atoms with Crippen molar-refractivity contribution < 1.29 is 60.6 Å². The van der Waals surface area contributed by atoms with E-state index in [0.29, 0.717) is 71.1 Å². The van der Waals surface area contributed by atoms with Crippen LogP contribution in [0.3, 0.4) is 0 Å². The SMILES string of the molecule is CC(C#N)CSCC(O)CO.CC(C)(CSCC(O)CO)c1ccccc1.CC(CC(CSCC(O)CO)c1ccccc1)c1ccccc1.CC(CSCC(O)CO)c1ccccc1.CCOC(=O)C(CSCC(O)CO)CC(C)c1ccccc1. The molecule has 5 aromatic carbocycles. The van der Waals surface area contributed by atoms with Gasteiger partial charge in [0.1, 0.15) is 0 Å². The molecule has 87 heavy (non-hydrogen) atoms. The van der Waals surface area contributed by atoms with Gasteiger partial charge in [-0.15, -0.1) is 0 Å². The first kappa shape index (κ1) is 81.4. The molecule has 0 spiro atoms. The van der Waals surface area contributed by atoms with Gasteiger partial charge in [-0.3, -0.25) is 4.79 Å². The largest absolute Gasteiger partial charge is 0.466 e. The van der Waals surface area contributed by atoms with Gasteiger partial charge < -0.3 is 55.8 Å². The van der Waals surface area contributed by atoms with Gasteiger partial charge in [0, 0.05) is 51.8 Å². The molecule has 0 heterocycles. The first-order valence-corrected chi connectivity index (χ1v) is 35.7. The highest BCUT2D eigenvalue weighted by atomic mass is 32.2. The van der Waals surface area contributed by atoms with Crippen molar-refractivity contribution >= 4 is 64.8 Å². The number of hydrogen-bond donors (Lipinski definition) is 10. The number of carbonyl (C=O) groups excluding carboxylic acids is 1. The second-order valence-corrected chi connectivity index (χ2v) is 27.4. The van der Waals surface area contributed by atoms with Crippen molar-refractivity contribution in [3.8, 4) is 6.07 Å². The van der Waals surface area contributed by atoms with Gasteiger partial charge in [0.15, 0.2) is 0 Å². The Morgan fingerprint density at radius 3 is 1.17 bits per heavy atom. The number of esters is 1. The van der Waals surface area contributed by atoms with Crippen LogP contribution in [0.1, 0.15) is 113 Å². The van der Waals surface area contributed by atoms with E-state index in [9.17, 15) is 25.2 Å². The molecule has 5 aromatic rings. The number of aliphatic hydroxyl groups is 10. The van der Waals surface area contributed by atoms with Crippen LogP contribution in [-0.4, -0.2) is 185 Å². The third kappa shape index (κ3) is 39.3. The maximum atomic E-state index is 12.1. The fourth-order valence-electron chi connectivity index (χ4n) is 8.26. The van der Waals surface area contributed by atoms with Crippen LogP contribution in [-0.2, 0) is 14.9 Å². The number of nitrogens with zero attached hydrogens (tertiary/aromatic N) is 1. The van der Waals surface area contributed by atoms with Crippen molar-refractivity contribution in [2.24, 2.45) is 11.8 Å². The zero-order valence-electron chi connectivity index (χ0n) is 52.3. The molecule has 0 saturated heterocycles. The molecule has 0 radical (unpaired) electrons. The van der Waals surface area contributed by atoms with Crippen molar-refractivity contribution in [3.05, 3.63) is 179 Å². The Hall–Kier alpha value is -3.59. The third-order valence-electron chi connectivity index (χ3n) is 13.5. The quantitative estimate of drug-likeness (QED) is 0.0167. The Kier molecular flexibility index (Phi) is 47.8. The van der Waals surface area contributed by atoms with Crippen LogP contribution < -0.4 is 0 Å². The zero-order chi connectivity index (χ0) is 64.7. The first-order chi connectivity index (χ1) is 41.8. The van der Waals surface area contributed by atoms with Crippen molar-refractivity contribution in [3.63, 3.8) is 0 Å². The molecule has 0 saturated carbocycles. The summed E-state index contributed by atoms with van der Waals surface area (Å²) in [7, 11) is 0. The van der Waals surface area contributed by atoms with Crippen LogP contribution in [0.2, 0.25) is 0 Å². The van der Waals surface area contributed by atoms with E-state index in [-0.39, 0.29) is 62.2 Å². The van der Waals surface area contributed by atoms with Crippen LogP contribution in [0.4, 0.5) is 0 Å². The summed E-state index contributed by atoms with van der Waals surface area (Å²) in [5.74, 6) is 8.20.